The van der Waals surface area contributed by atoms with Gasteiger partial charge in [-0.15, -0.1) is 0 Å². The van der Waals surface area contributed by atoms with Crippen LogP contribution in [0.5, 0.6) is 0 Å². The van der Waals surface area contributed by atoms with Gasteiger partial charge in [0.1, 0.15) is 0 Å². The second kappa shape index (κ2) is 4.03. The van der Waals surface area contributed by atoms with E-state index in [9.17, 15) is 13.5 Å². The summed E-state index contributed by atoms with van der Waals surface area (Å²) in [5.41, 5.74) is -0.664. The monoisotopic (exact) mass is 233 g/mol. The van der Waals surface area contributed by atoms with Gasteiger partial charge >= 0.3 is 0 Å². The van der Waals surface area contributed by atoms with E-state index in [1.807, 2.05) is 0 Å². The summed E-state index contributed by atoms with van der Waals surface area (Å²) >= 11 is 0. The molecule has 2 atom stereocenters. The molecule has 0 aromatic heterocycles. The number of hydrogen-bond donors (Lipinski definition) is 2. The fourth-order valence-electron chi connectivity index (χ4n) is 2.70. The van der Waals surface area contributed by atoms with Crippen LogP contribution in [0.1, 0.15) is 25.7 Å². The lowest BCUT2D eigenvalue weighted by molar-refractivity contribution is -0.00303. The van der Waals surface area contributed by atoms with Crippen LogP contribution < -0.4 is 5.32 Å². The first-order chi connectivity index (χ1) is 6.99. The fourth-order valence-corrected chi connectivity index (χ4v) is 4.56. The highest BCUT2D eigenvalue weighted by Gasteiger charge is 2.36. The summed E-state index contributed by atoms with van der Waals surface area (Å²) in [5.74, 6) is 0.746. The molecule has 0 aromatic rings. The zero-order valence-corrected chi connectivity index (χ0v) is 9.72. The van der Waals surface area contributed by atoms with Crippen LogP contribution in [-0.2, 0) is 9.84 Å². The van der Waals surface area contributed by atoms with Crippen LogP contribution in [0.4, 0.5) is 0 Å². The van der Waals surface area contributed by atoms with E-state index in [-0.39, 0.29) is 11.7 Å². The summed E-state index contributed by atoms with van der Waals surface area (Å²) in [6, 6.07) is 0. The third kappa shape index (κ3) is 2.92. The van der Waals surface area contributed by atoms with Crippen LogP contribution in [0.2, 0.25) is 0 Å². The molecule has 2 aliphatic rings. The zero-order chi connectivity index (χ0) is 10.9. The normalized spacial score (nSPS) is 40.5. The van der Waals surface area contributed by atoms with E-state index in [1.165, 1.54) is 0 Å². The molecule has 2 N–H and O–H groups in total. The van der Waals surface area contributed by atoms with Gasteiger partial charge in [-0.25, -0.2) is 8.42 Å². The first-order valence-corrected chi connectivity index (χ1v) is 7.45. The van der Waals surface area contributed by atoms with Gasteiger partial charge in [0.25, 0.3) is 0 Å². The van der Waals surface area contributed by atoms with Gasteiger partial charge in [-0.1, -0.05) is 0 Å². The van der Waals surface area contributed by atoms with Crippen molar-refractivity contribution in [2.45, 2.75) is 31.3 Å². The van der Waals surface area contributed by atoms with E-state index in [0.29, 0.717) is 18.7 Å². The highest BCUT2D eigenvalue weighted by molar-refractivity contribution is 7.91. The molecule has 2 fully saturated rings. The molecule has 88 valence electrons. The Labute approximate surface area is 91.0 Å². The maximum absolute atomic E-state index is 11.3. The highest BCUT2D eigenvalue weighted by atomic mass is 32.2. The molecule has 2 unspecified atom stereocenters. The van der Waals surface area contributed by atoms with Crippen molar-refractivity contribution in [1.82, 2.24) is 5.32 Å². The largest absolute Gasteiger partial charge is 0.389 e. The molecule has 0 bridgehead atoms. The van der Waals surface area contributed by atoms with Crippen LogP contribution in [0.15, 0.2) is 0 Å². The Morgan fingerprint density at radius 1 is 1.47 bits per heavy atom. The first kappa shape index (κ1) is 11.4. The number of piperidine rings is 1. The maximum Gasteiger partial charge on any atom is 0.150 e. The van der Waals surface area contributed by atoms with Gasteiger partial charge < -0.3 is 10.4 Å². The lowest BCUT2D eigenvalue weighted by Gasteiger charge is -2.34. The second-order valence-corrected chi connectivity index (χ2v) is 7.21. The first-order valence-electron chi connectivity index (χ1n) is 5.63. The molecule has 4 nitrogen and oxygen atoms in total. The van der Waals surface area contributed by atoms with E-state index in [4.69, 9.17) is 0 Å². The topological polar surface area (TPSA) is 66.4 Å². The minimum absolute atomic E-state index is 0.167. The van der Waals surface area contributed by atoms with Gasteiger partial charge in [-0.2, -0.15) is 0 Å². The molecule has 15 heavy (non-hydrogen) atoms. The van der Waals surface area contributed by atoms with E-state index in [1.54, 1.807) is 0 Å². The quantitative estimate of drug-likeness (QED) is 0.700. The van der Waals surface area contributed by atoms with E-state index in [2.05, 4.69) is 5.32 Å². The van der Waals surface area contributed by atoms with Crippen molar-refractivity contribution in [3.63, 3.8) is 0 Å². The van der Waals surface area contributed by atoms with Crippen molar-refractivity contribution in [2.24, 2.45) is 5.92 Å². The van der Waals surface area contributed by atoms with Crippen molar-refractivity contribution in [1.29, 1.82) is 0 Å². The van der Waals surface area contributed by atoms with Crippen LogP contribution >= 0.6 is 0 Å². The fraction of sp³-hybridized carbons (Fsp3) is 1.00. The molecule has 0 saturated carbocycles. The summed E-state index contributed by atoms with van der Waals surface area (Å²) in [4.78, 5) is 0. The lowest BCUT2D eigenvalue weighted by Crippen LogP contribution is -2.46. The number of aliphatic hydroxyl groups is 1. The Kier molecular flexibility index (Phi) is 3.05. The summed E-state index contributed by atoms with van der Waals surface area (Å²) in [6.07, 6.45) is 3.15. The smallest absolute Gasteiger partial charge is 0.150 e. The Hall–Kier alpha value is -0.130. The number of hydrogen-bond acceptors (Lipinski definition) is 4. The third-order valence-electron chi connectivity index (χ3n) is 3.45. The van der Waals surface area contributed by atoms with Crippen LogP contribution in [0, 0.1) is 5.92 Å². The summed E-state index contributed by atoms with van der Waals surface area (Å²) in [5, 5.41) is 13.4. The van der Waals surface area contributed by atoms with Crippen molar-refractivity contribution in [3.05, 3.63) is 0 Å². The second-order valence-electron chi connectivity index (χ2n) is 4.98. The van der Waals surface area contributed by atoms with Crippen LogP contribution in [0.3, 0.4) is 0 Å². The predicted molar refractivity (Wildman–Crippen MR) is 58.4 cm³/mol. The minimum Gasteiger partial charge on any atom is -0.389 e. The predicted octanol–water partition coefficient (Wildman–Crippen LogP) is -0.0743. The molecule has 2 rings (SSSR count). The molecule has 2 saturated heterocycles. The van der Waals surface area contributed by atoms with Crippen molar-refractivity contribution in [3.8, 4) is 0 Å². The van der Waals surface area contributed by atoms with Crippen molar-refractivity contribution >= 4 is 9.84 Å². The SMILES string of the molecule is O=S1(=O)CCC(CC2(O)CCCNC2)C1. The standard InChI is InChI=1S/C10H19NO3S/c12-10(3-1-4-11-8-10)6-9-2-5-15(13,14)7-9/h9,11-12H,1-8H2. The molecular weight excluding hydrogens is 214 g/mol. The molecule has 0 aliphatic carbocycles. The molecule has 5 heteroatoms. The third-order valence-corrected chi connectivity index (χ3v) is 5.28. The molecular formula is C10H19NO3S. The minimum atomic E-state index is -2.80. The van der Waals surface area contributed by atoms with Gasteiger partial charge in [0.15, 0.2) is 9.84 Å². The summed E-state index contributed by atoms with van der Waals surface area (Å²) < 4.78 is 22.6. The Morgan fingerprint density at radius 2 is 2.27 bits per heavy atom. The van der Waals surface area contributed by atoms with Gasteiger partial charge in [0, 0.05) is 6.54 Å². The summed E-state index contributed by atoms with van der Waals surface area (Å²) in [7, 11) is -2.80. The number of β-amino-alcohol motifs (C(OH)–C–C–N with tert-alkyl or cyclic N) is 1. The Morgan fingerprint density at radius 3 is 2.80 bits per heavy atom. The van der Waals surface area contributed by atoms with E-state index >= 15 is 0 Å². The average Bonchev–Trinajstić information content (AvgIpc) is 2.45. The summed E-state index contributed by atoms with van der Waals surface area (Å²) in [6.45, 7) is 1.58. The average molecular weight is 233 g/mol. The van der Waals surface area contributed by atoms with E-state index < -0.39 is 15.4 Å². The molecule has 0 spiro atoms. The van der Waals surface area contributed by atoms with Gasteiger partial charge in [0.05, 0.1) is 17.1 Å². The number of rotatable bonds is 2. The van der Waals surface area contributed by atoms with Crippen molar-refractivity contribution in [2.75, 3.05) is 24.6 Å². The number of sulfone groups is 1. The van der Waals surface area contributed by atoms with Gasteiger partial charge in [0.2, 0.25) is 0 Å². The Bertz CT molecular complexity index is 320. The zero-order valence-electron chi connectivity index (χ0n) is 8.91. The lowest BCUT2D eigenvalue weighted by atomic mass is 9.84. The molecule has 0 radical (unpaired) electrons. The van der Waals surface area contributed by atoms with Crippen LogP contribution in [0.25, 0.3) is 0 Å². The Balaban J connectivity index is 1.91. The molecule has 2 heterocycles. The number of nitrogens with one attached hydrogen (secondary N) is 1. The van der Waals surface area contributed by atoms with Crippen LogP contribution in [-0.4, -0.2) is 43.7 Å². The van der Waals surface area contributed by atoms with E-state index in [0.717, 1.165) is 25.8 Å². The maximum atomic E-state index is 11.3. The molecule has 0 aromatic carbocycles. The highest BCUT2D eigenvalue weighted by Crippen LogP contribution is 2.30. The molecule has 0 amide bonds. The van der Waals surface area contributed by atoms with Crippen molar-refractivity contribution < 1.29 is 13.5 Å². The van der Waals surface area contributed by atoms with Gasteiger partial charge in [-0.05, 0) is 38.1 Å². The molecule has 2 aliphatic heterocycles. The van der Waals surface area contributed by atoms with Gasteiger partial charge in [-0.3, -0.25) is 0 Å².